The van der Waals surface area contributed by atoms with Crippen molar-refractivity contribution in [1.29, 1.82) is 0 Å². The van der Waals surface area contributed by atoms with Crippen LogP contribution < -0.4 is 4.74 Å². The van der Waals surface area contributed by atoms with Crippen molar-refractivity contribution in [2.45, 2.75) is 6.42 Å². The standard InChI is InChI=1S/C12H18NO3P/c1-15-12-7-5-11(6-8-12)13-9-4-10-17(3,14)16-2/h5-9H,4,10H2,1-3H3. The van der Waals surface area contributed by atoms with Crippen molar-refractivity contribution >= 4 is 19.3 Å². The van der Waals surface area contributed by atoms with Gasteiger partial charge in [-0.15, -0.1) is 0 Å². The molecule has 0 spiro atoms. The molecule has 0 aliphatic carbocycles. The van der Waals surface area contributed by atoms with Crippen LogP contribution in [0.2, 0.25) is 0 Å². The molecular formula is C12H18NO3P. The Kier molecular flexibility index (Phi) is 5.39. The van der Waals surface area contributed by atoms with Gasteiger partial charge in [-0.3, -0.25) is 9.56 Å². The van der Waals surface area contributed by atoms with E-state index >= 15 is 0 Å². The van der Waals surface area contributed by atoms with Gasteiger partial charge in [0.2, 0.25) is 0 Å². The molecule has 1 unspecified atom stereocenters. The molecule has 1 rings (SSSR count). The second-order valence-electron chi connectivity index (χ2n) is 3.72. The predicted octanol–water partition coefficient (Wildman–Crippen LogP) is 3.34. The van der Waals surface area contributed by atoms with E-state index in [2.05, 4.69) is 4.99 Å². The van der Waals surface area contributed by atoms with Crippen LogP contribution in [0.3, 0.4) is 0 Å². The lowest BCUT2D eigenvalue weighted by molar-refractivity contribution is 0.399. The number of ether oxygens (including phenoxy) is 1. The van der Waals surface area contributed by atoms with Gasteiger partial charge < -0.3 is 9.26 Å². The van der Waals surface area contributed by atoms with Crippen LogP contribution >= 0.6 is 7.37 Å². The molecule has 0 saturated heterocycles. The molecule has 0 bridgehead atoms. The zero-order chi connectivity index (χ0) is 12.7. The van der Waals surface area contributed by atoms with E-state index in [1.54, 1.807) is 20.0 Å². The average molecular weight is 255 g/mol. The summed E-state index contributed by atoms with van der Waals surface area (Å²) < 4.78 is 21.5. The Bertz CT molecular complexity index is 414. The Morgan fingerprint density at radius 2 is 1.94 bits per heavy atom. The Labute approximate surface area is 102 Å². The number of hydrogen-bond acceptors (Lipinski definition) is 4. The van der Waals surface area contributed by atoms with E-state index in [-0.39, 0.29) is 0 Å². The van der Waals surface area contributed by atoms with Crippen LogP contribution in [0.5, 0.6) is 5.75 Å². The number of aliphatic imine (C=N–C) groups is 1. The largest absolute Gasteiger partial charge is 0.497 e. The minimum Gasteiger partial charge on any atom is -0.497 e. The SMILES string of the molecule is COc1ccc(N=CCCP(C)(=O)OC)cc1. The molecule has 5 heteroatoms. The van der Waals surface area contributed by atoms with Crippen molar-refractivity contribution < 1.29 is 13.8 Å². The molecule has 0 radical (unpaired) electrons. The van der Waals surface area contributed by atoms with Crippen molar-refractivity contribution in [2.75, 3.05) is 27.0 Å². The molecule has 0 N–H and O–H groups in total. The van der Waals surface area contributed by atoms with Gasteiger partial charge in [-0.2, -0.15) is 0 Å². The van der Waals surface area contributed by atoms with Gasteiger partial charge in [-0.05, 0) is 30.7 Å². The van der Waals surface area contributed by atoms with Crippen molar-refractivity contribution in [1.82, 2.24) is 0 Å². The van der Waals surface area contributed by atoms with Crippen LogP contribution in [0, 0.1) is 0 Å². The average Bonchev–Trinajstić information content (AvgIpc) is 2.35. The number of benzene rings is 1. The molecule has 1 atom stereocenters. The summed E-state index contributed by atoms with van der Waals surface area (Å²) >= 11 is 0. The van der Waals surface area contributed by atoms with Gasteiger partial charge in [0.25, 0.3) is 0 Å². The van der Waals surface area contributed by atoms with Gasteiger partial charge in [0.05, 0.1) is 12.8 Å². The molecule has 1 aromatic rings. The van der Waals surface area contributed by atoms with Crippen molar-refractivity contribution in [3.05, 3.63) is 24.3 Å². The predicted molar refractivity (Wildman–Crippen MR) is 71.2 cm³/mol. The fourth-order valence-corrected chi connectivity index (χ4v) is 1.99. The normalized spacial score (nSPS) is 14.8. The summed E-state index contributed by atoms with van der Waals surface area (Å²) in [7, 11) is 0.682. The van der Waals surface area contributed by atoms with Gasteiger partial charge in [0, 0.05) is 26.2 Å². The summed E-state index contributed by atoms with van der Waals surface area (Å²) in [5, 5.41) is 0. The summed E-state index contributed by atoms with van der Waals surface area (Å²) in [6, 6.07) is 7.45. The highest BCUT2D eigenvalue weighted by atomic mass is 31.2. The molecule has 0 fully saturated rings. The van der Waals surface area contributed by atoms with Gasteiger partial charge in [0.15, 0.2) is 7.37 Å². The monoisotopic (exact) mass is 255 g/mol. The van der Waals surface area contributed by atoms with Gasteiger partial charge >= 0.3 is 0 Å². The van der Waals surface area contributed by atoms with Crippen LogP contribution in [0.1, 0.15) is 6.42 Å². The minimum atomic E-state index is -2.42. The third kappa shape index (κ3) is 5.16. The molecular weight excluding hydrogens is 237 g/mol. The maximum Gasteiger partial charge on any atom is 0.200 e. The number of hydrogen-bond donors (Lipinski definition) is 0. The van der Waals surface area contributed by atoms with E-state index in [1.807, 2.05) is 24.3 Å². The molecule has 0 aliphatic heterocycles. The lowest BCUT2D eigenvalue weighted by Crippen LogP contribution is -1.90. The van der Waals surface area contributed by atoms with E-state index in [0.29, 0.717) is 12.6 Å². The minimum absolute atomic E-state index is 0.517. The van der Waals surface area contributed by atoms with E-state index in [4.69, 9.17) is 9.26 Å². The molecule has 94 valence electrons. The first kappa shape index (κ1) is 13.9. The van der Waals surface area contributed by atoms with Crippen LogP contribution in [0.4, 0.5) is 5.69 Å². The van der Waals surface area contributed by atoms with E-state index in [0.717, 1.165) is 11.4 Å². The molecule has 0 aliphatic rings. The van der Waals surface area contributed by atoms with Gasteiger partial charge in [-0.1, -0.05) is 0 Å². The van der Waals surface area contributed by atoms with Crippen LogP contribution in [-0.2, 0) is 9.09 Å². The zero-order valence-electron chi connectivity index (χ0n) is 10.4. The third-order valence-corrected chi connectivity index (χ3v) is 4.21. The van der Waals surface area contributed by atoms with Crippen molar-refractivity contribution in [3.63, 3.8) is 0 Å². The topological polar surface area (TPSA) is 47.9 Å². The first-order valence-corrected chi connectivity index (χ1v) is 7.62. The van der Waals surface area contributed by atoms with Crippen molar-refractivity contribution in [2.24, 2.45) is 4.99 Å². The van der Waals surface area contributed by atoms with E-state index < -0.39 is 7.37 Å². The smallest absolute Gasteiger partial charge is 0.200 e. The quantitative estimate of drug-likeness (QED) is 0.578. The number of nitrogens with zero attached hydrogens (tertiary/aromatic N) is 1. The van der Waals surface area contributed by atoms with Crippen LogP contribution in [0.15, 0.2) is 29.3 Å². The Morgan fingerprint density at radius 1 is 1.29 bits per heavy atom. The number of rotatable bonds is 6. The second kappa shape index (κ2) is 6.58. The second-order valence-corrected chi connectivity index (χ2v) is 6.56. The van der Waals surface area contributed by atoms with Crippen molar-refractivity contribution in [3.8, 4) is 5.75 Å². The Balaban J connectivity index is 2.45. The Morgan fingerprint density at radius 3 is 2.47 bits per heavy atom. The first-order chi connectivity index (χ1) is 8.07. The number of methoxy groups -OCH3 is 1. The molecule has 0 aromatic heterocycles. The highest BCUT2D eigenvalue weighted by Crippen LogP contribution is 2.41. The van der Waals surface area contributed by atoms with Crippen LogP contribution in [-0.4, -0.2) is 33.3 Å². The van der Waals surface area contributed by atoms with Crippen LogP contribution in [0.25, 0.3) is 0 Å². The lowest BCUT2D eigenvalue weighted by Gasteiger charge is -2.07. The molecule has 1 aromatic carbocycles. The lowest BCUT2D eigenvalue weighted by atomic mass is 10.3. The highest BCUT2D eigenvalue weighted by molar-refractivity contribution is 7.58. The molecule has 17 heavy (non-hydrogen) atoms. The molecule has 0 heterocycles. The zero-order valence-corrected chi connectivity index (χ0v) is 11.3. The van der Waals surface area contributed by atoms with Gasteiger partial charge in [-0.25, -0.2) is 0 Å². The fourth-order valence-electron chi connectivity index (χ4n) is 1.22. The first-order valence-electron chi connectivity index (χ1n) is 5.36. The maximum absolute atomic E-state index is 11.6. The molecule has 0 saturated carbocycles. The van der Waals surface area contributed by atoms with Gasteiger partial charge in [0.1, 0.15) is 5.75 Å². The fraction of sp³-hybridized carbons (Fsp3) is 0.417. The Hall–Kier alpha value is -1.12. The summed E-state index contributed by atoms with van der Waals surface area (Å²) in [5.41, 5.74) is 0.856. The molecule has 0 amide bonds. The maximum atomic E-state index is 11.6. The summed E-state index contributed by atoms with van der Waals surface area (Å²) in [6.45, 7) is 1.63. The summed E-state index contributed by atoms with van der Waals surface area (Å²) in [5.74, 6) is 0.807. The third-order valence-electron chi connectivity index (χ3n) is 2.36. The highest BCUT2D eigenvalue weighted by Gasteiger charge is 2.11. The van der Waals surface area contributed by atoms with E-state index in [1.165, 1.54) is 7.11 Å². The summed E-state index contributed by atoms with van der Waals surface area (Å²) in [4.78, 5) is 4.26. The molecule has 4 nitrogen and oxygen atoms in total. The van der Waals surface area contributed by atoms with E-state index in [9.17, 15) is 4.57 Å². The summed E-state index contributed by atoms with van der Waals surface area (Å²) in [6.07, 6.45) is 2.92.